The lowest BCUT2D eigenvalue weighted by molar-refractivity contribution is -0.126. The average molecular weight is 269 g/mol. The highest BCUT2D eigenvalue weighted by molar-refractivity contribution is 6.30. The molecule has 3 nitrogen and oxygen atoms in total. The lowest BCUT2D eigenvalue weighted by Gasteiger charge is -2.24. The molecule has 0 spiro atoms. The Morgan fingerprint density at radius 2 is 2.06 bits per heavy atom. The maximum absolute atomic E-state index is 11.9. The SMILES string of the molecule is CC(C)NC(=O)[C@H](C)N(C)Cc1cccc(Cl)c1. The predicted octanol–water partition coefficient (Wildman–Crippen LogP) is 2.68. The van der Waals surface area contributed by atoms with Gasteiger partial charge in [-0.2, -0.15) is 0 Å². The Hall–Kier alpha value is -1.06. The molecule has 0 saturated carbocycles. The highest BCUT2D eigenvalue weighted by Gasteiger charge is 2.18. The Labute approximate surface area is 114 Å². The highest BCUT2D eigenvalue weighted by Crippen LogP contribution is 2.13. The van der Waals surface area contributed by atoms with Crippen molar-refractivity contribution in [3.8, 4) is 0 Å². The van der Waals surface area contributed by atoms with Crippen molar-refractivity contribution in [2.45, 2.75) is 39.4 Å². The zero-order chi connectivity index (χ0) is 13.7. The number of likely N-dealkylation sites (N-methyl/N-ethyl adjacent to an activating group) is 1. The van der Waals surface area contributed by atoms with Gasteiger partial charge in [-0.3, -0.25) is 9.69 Å². The second-order valence-electron chi connectivity index (χ2n) is 4.88. The van der Waals surface area contributed by atoms with Crippen LogP contribution < -0.4 is 5.32 Å². The van der Waals surface area contributed by atoms with Crippen LogP contribution in [0.25, 0.3) is 0 Å². The Bertz CT molecular complexity index is 407. The Balaban J connectivity index is 2.59. The molecule has 0 fully saturated rings. The van der Waals surface area contributed by atoms with E-state index in [2.05, 4.69) is 5.32 Å². The number of hydrogen-bond acceptors (Lipinski definition) is 2. The van der Waals surface area contributed by atoms with Gasteiger partial charge in [-0.15, -0.1) is 0 Å². The number of carbonyl (C=O) groups is 1. The van der Waals surface area contributed by atoms with E-state index in [9.17, 15) is 4.79 Å². The molecule has 0 aliphatic rings. The molecular weight excluding hydrogens is 248 g/mol. The zero-order valence-corrected chi connectivity index (χ0v) is 12.2. The minimum Gasteiger partial charge on any atom is -0.353 e. The molecule has 0 saturated heterocycles. The molecule has 1 N–H and O–H groups in total. The third-order valence-corrected chi connectivity index (χ3v) is 3.03. The Kier molecular flexibility index (Phi) is 5.63. The summed E-state index contributed by atoms with van der Waals surface area (Å²) in [7, 11) is 1.94. The van der Waals surface area contributed by atoms with E-state index >= 15 is 0 Å². The first-order valence-corrected chi connectivity index (χ1v) is 6.53. The van der Waals surface area contributed by atoms with E-state index in [0.717, 1.165) is 10.6 Å². The first kappa shape index (κ1) is 15.0. The molecule has 1 aromatic carbocycles. The van der Waals surface area contributed by atoms with Gasteiger partial charge < -0.3 is 5.32 Å². The number of halogens is 1. The minimum absolute atomic E-state index is 0.0505. The average Bonchev–Trinajstić information content (AvgIpc) is 2.27. The summed E-state index contributed by atoms with van der Waals surface area (Å²) in [5, 5.41) is 3.64. The van der Waals surface area contributed by atoms with Gasteiger partial charge >= 0.3 is 0 Å². The smallest absolute Gasteiger partial charge is 0.237 e. The lowest BCUT2D eigenvalue weighted by atomic mass is 10.2. The van der Waals surface area contributed by atoms with E-state index < -0.39 is 0 Å². The zero-order valence-electron chi connectivity index (χ0n) is 11.4. The Morgan fingerprint density at radius 3 is 2.61 bits per heavy atom. The van der Waals surface area contributed by atoms with Crippen LogP contribution in [0.15, 0.2) is 24.3 Å². The number of nitrogens with one attached hydrogen (secondary N) is 1. The van der Waals surface area contributed by atoms with Crippen molar-refractivity contribution in [1.82, 2.24) is 10.2 Å². The molecule has 0 aliphatic carbocycles. The predicted molar refractivity (Wildman–Crippen MR) is 75.7 cm³/mol. The summed E-state index contributed by atoms with van der Waals surface area (Å²) in [5.74, 6) is 0.0505. The summed E-state index contributed by atoms with van der Waals surface area (Å²) in [4.78, 5) is 13.9. The van der Waals surface area contributed by atoms with Gasteiger partial charge in [0.1, 0.15) is 0 Å². The second kappa shape index (κ2) is 6.76. The molecular formula is C14H21ClN2O. The Morgan fingerprint density at radius 1 is 1.39 bits per heavy atom. The molecule has 0 unspecified atom stereocenters. The van der Waals surface area contributed by atoms with Crippen LogP contribution in [0, 0.1) is 0 Å². The van der Waals surface area contributed by atoms with Crippen LogP contribution >= 0.6 is 11.6 Å². The monoisotopic (exact) mass is 268 g/mol. The number of rotatable bonds is 5. The molecule has 100 valence electrons. The quantitative estimate of drug-likeness (QED) is 0.891. The molecule has 0 aliphatic heterocycles. The molecule has 0 bridgehead atoms. The van der Waals surface area contributed by atoms with E-state index in [1.54, 1.807) is 0 Å². The van der Waals surface area contributed by atoms with Gasteiger partial charge in [0.15, 0.2) is 0 Å². The summed E-state index contributed by atoms with van der Waals surface area (Å²) in [5.41, 5.74) is 1.11. The van der Waals surface area contributed by atoms with Gasteiger partial charge in [0.2, 0.25) is 5.91 Å². The standard InChI is InChI=1S/C14H21ClN2O/c1-10(2)16-14(18)11(3)17(4)9-12-6-5-7-13(15)8-12/h5-8,10-11H,9H2,1-4H3,(H,16,18)/t11-/m0/s1. The van der Waals surface area contributed by atoms with Crippen LogP contribution in [0.4, 0.5) is 0 Å². The third-order valence-electron chi connectivity index (χ3n) is 2.79. The fraction of sp³-hybridized carbons (Fsp3) is 0.500. The van der Waals surface area contributed by atoms with Crippen LogP contribution in [-0.4, -0.2) is 29.9 Å². The van der Waals surface area contributed by atoms with Gasteiger partial charge in [0.05, 0.1) is 6.04 Å². The lowest BCUT2D eigenvalue weighted by Crippen LogP contribution is -2.45. The van der Waals surface area contributed by atoms with Gasteiger partial charge in [-0.05, 0) is 45.5 Å². The largest absolute Gasteiger partial charge is 0.353 e. The molecule has 1 aromatic rings. The van der Waals surface area contributed by atoms with E-state index in [0.29, 0.717) is 6.54 Å². The molecule has 0 radical (unpaired) electrons. The van der Waals surface area contributed by atoms with Crippen molar-refractivity contribution >= 4 is 17.5 Å². The van der Waals surface area contributed by atoms with Crippen molar-refractivity contribution in [1.29, 1.82) is 0 Å². The fourth-order valence-corrected chi connectivity index (χ4v) is 1.88. The normalized spacial score (nSPS) is 12.8. The maximum Gasteiger partial charge on any atom is 0.237 e. The molecule has 1 rings (SSSR count). The van der Waals surface area contributed by atoms with Crippen LogP contribution in [0.3, 0.4) is 0 Å². The number of benzene rings is 1. The summed E-state index contributed by atoms with van der Waals surface area (Å²) in [6.45, 7) is 6.53. The topological polar surface area (TPSA) is 32.3 Å². The van der Waals surface area contributed by atoms with E-state index in [4.69, 9.17) is 11.6 Å². The first-order valence-electron chi connectivity index (χ1n) is 6.15. The van der Waals surface area contributed by atoms with Crippen molar-refractivity contribution in [3.63, 3.8) is 0 Å². The van der Waals surface area contributed by atoms with Gasteiger partial charge in [-0.1, -0.05) is 23.7 Å². The van der Waals surface area contributed by atoms with E-state index in [-0.39, 0.29) is 18.0 Å². The summed E-state index contributed by atoms with van der Waals surface area (Å²) in [6.07, 6.45) is 0. The maximum atomic E-state index is 11.9. The van der Waals surface area contributed by atoms with E-state index in [1.807, 2.05) is 57.0 Å². The van der Waals surface area contributed by atoms with Gasteiger partial charge in [-0.25, -0.2) is 0 Å². The summed E-state index contributed by atoms with van der Waals surface area (Å²) >= 11 is 5.94. The second-order valence-corrected chi connectivity index (χ2v) is 5.32. The number of hydrogen-bond donors (Lipinski definition) is 1. The molecule has 0 heterocycles. The van der Waals surface area contributed by atoms with Gasteiger partial charge in [0.25, 0.3) is 0 Å². The minimum atomic E-state index is -0.161. The number of nitrogens with zero attached hydrogens (tertiary/aromatic N) is 1. The summed E-state index contributed by atoms with van der Waals surface area (Å²) in [6, 6.07) is 7.70. The highest BCUT2D eigenvalue weighted by atomic mass is 35.5. The van der Waals surface area contributed by atoms with Gasteiger partial charge in [0, 0.05) is 17.6 Å². The van der Waals surface area contributed by atoms with Crippen molar-refractivity contribution in [2.24, 2.45) is 0 Å². The first-order chi connectivity index (χ1) is 8.40. The molecule has 0 aromatic heterocycles. The van der Waals surface area contributed by atoms with Crippen LogP contribution in [-0.2, 0) is 11.3 Å². The van der Waals surface area contributed by atoms with E-state index in [1.165, 1.54) is 0 Å². The fourth-order valence-electron chi connectivity index (χ4n) is 1.67. The van der Waals surface area contributed by atoms with Crippen LogP contribution in [0.2, 0.25) is 5.02 Å². The van der Waals surface area contributed by atoms with Crippen molar-refractivity contribution in [2.75, 3.05) is 7.05 Å². The third kappa shape index (κ3) is 4.67. The summed E-state index contributed by atoms with van der Waals surface area (Å²) < 4.78 is 0. The van der Waals surface area contributed by atoms with Crippen LogP contribution in [0.5, 0.6) is 0 Å². The molecule has 1 amide bonds. The van der Waals surface area contributed by atoms with Crippen molar-refractivity contribution < 1.29 is 4.79 Å². The number of amides is 1. The van der Waals surface area contributed by atoms with Crippen molar-refractivity contribution in [3.05, 3.63) is 34.9 Å². The van der Waals surface area contributed by atoms with Crippen LogP contribution in [0.1, 0.15) is 26.3 Å². The number of carbonyl (C=O) groups excluding carboxylic acids is 1. The molecule has 1 atom stereocenters. The molecule has 18 heavy (non-hydrogen) atoms. The molecule has 4 heteroatoms.